The molecule has 0 aromatic rings. The lowest BCUT2D eigenvalue weighted by Crippen LogP contribution is -2.18. The van der Waals surface area contributed by atoms with Crippen LogP contribution in [0.2, 0.25) is 0 Å². The molecule has 76 valence electrons. The molecule has 1 atom stereocenters. The Balaban J connectivity index is 4.84. The molecule has 4 nitrogen and oxygen atoms in total. The molecule has 1 N–H and O–H groups in total. The van der Waals surface area contributed by atoms with E-state index in [1.807, 2.05) is 0 Å². The lowest BCUT2D eigenvalue weighted by atomic mass is 10.5. The largest absolute Gasteiger partial charge is 0.323 e. The molecule has 0 saturated carbocycles. The van der Waals surface area contributed by atoms with E-state index >= 15 is 0 Å². The van der Waals surface area contributed by atoms with Crippen molar-refractivity contribution in [3.63, 3.8) is 0 Å². The molecule has 0 bridgehead atoms. The van der Waals surface area contributed by atoms with Crippen molar-refractivity contribution >= 4 is 17.3 Å². The molecule has 0 fully saturated rings. The van der Waals surface area contributed by atoms with Gasteiger partial charge in [0.1, 0.15) is 0 Å². The Morgan fingerprint density at radius 1 is 1.46 bits per heavy atom. The molecule has 0 heterocycles. The highest BCUT2D eigenvalue weighted by atomic mass is 32.2. The molecule has 0 spiro atoms. The van der Waals surface area contributed by atoms with Gasteiger partial charge in [-0.15, -0.1) is 5.92 Å². The minimum Gasteiger partial charge on any atom is -0.323 e. The molecule has 0 aliphatic rings. The number of rotatable bonds is 3. The minimum absolute atomic E-state index is 0.557. The minimum atomic E-state index is -4.10. The van der Waals surface area contributed by atoms with Crippen LogP contribution in [-0.2, 0) is 14.7 Å². The molecule has 0 aliphatic carbocycles. The lowest BCUT2D eigenvalue weighted by molar-refractivity contribution is 0.482. The third-order valence-corrected chi connectivity index (χ3v) is 4.24. The van der Waals surface area contributed by atoms with Gasteiger partial charge in [0.25, 0.3) is 10.1 Å². The number of hydrogen-bond acceptors (Lipinski definition) is 3. The van der Waals surface area contributed by atoms with Crippen LogP contribution in [-0.4, -0.2) is 37.7 Å². The highest BCUT2D eigenvalue weighted by Gasteiger charge is 2.25. The first-order valence-electron chi connectivity index (χ1n) is 3.59. The maximum Gasteiger partial charge on any atom is 0.266 e. The Kier molecular flexibility index (Phi) is 4.18. The molecule has 1 unspecified atom stereocenters. The zero-order chi connectivity index (χ0) is 10.7. The molecule has 0 rings (SSSR count). The van der Waals surface area contributed by atoms with Crippen molar-refractivity contribution in [3.8, 4) is 11.8 Å². The predicted molar refractivity (Wildman–Crippen MR) is 53.1 cm³/mol. The molecule has 0 aromatic heterocycles. The summed E-state index contributed by atoms with van der Waals surface area (Å²) < 4.78 is 41.1. The van der Waals surface area contributed by atoms with Crippen LogP contribution in [0.3, 0.4) is 0 Å². The highest BCUT2D eigenvalue weighted by Crippen LogP contribution is 2.42. The van der Waals surface area contributed by atoms with Crippen LogP contribution >= 0.6 is 7.14 Å². The fourth-order valence-corrected chi connectivity index (χ4v) is 3.67. The second-order valence-corrected chi connectivity index (χ2v) is 8.08. The van der Waals surface area contributed by atoms with Gasteiger partial charge < -0.3 is 4.57 Å². The van der Waals surface area contributed by atoms with E-state index in [0.29, 0.717) is 0 Å². The molecule has 0 amide bonds. The molecule has 6 heteroatoms. The van der Waals surface area contributed by atoms with E-state index in [2.05, 4.69) is 11.8 Å². The molecule has 0 radical (unpaired) electrons. The van der Waals surface area contributed by atoms with Gasteiger partial charge in [-0.25, -0.2) is 0 Å². The van der Waals surface area contributed by atoms with Gasteiger partial charge in [-0.2, -0.15) is 8.42 Å². The summed E-state index contributed by atoms with van der Waals surface area (Å²) in [5.41, 5.74) is -0.771. The van der Waals surface area contributed by atoms with Gasteiger partial charge in [0, 0.05) is 0 Å². The quantitative estimate of drug-likeness (QED) is 0.439. The van der Waals surface area contributed by atoms with Crippen molar-refractivity contribution < 1.29 is 17.5 Å². The zero-order valence-corrected chi connectivity index (χ0v) is 9.52. The van der Waals surface area contributed by atoms with E-state index in [1.54, 1.807) is 0 Å². The fraction of sp³-hybridized carbons (Fsp3) is 0.714. The van der Waals surface area contributed by atoms with Gasteiger partial charge in [0.15, 0.2) is 0 Å². The normalized spacial score (nSPS) is 14.5. The second-order valence-electron chi connectivity index (χ2n) is 3.09. The summed E-state index contributed by atoms with van der Waals surface area (Å²) in [6.07, 6.45) is 0. The van der Waals surface area contributed by atoms with Crippen LogP contribution < -0.4 is 0 Å². The molecule has 0 saturated heterocycles. The highest BCUT2D eigenvalue weighted by molar-refractivity contribution is 7.86. The maximum atomic E-state index is 11.5. The van der Waals surface area contributed by atoms with Gasteiger partial charge in [0.2, 0.25) is 0 Å². The number of hydrogen-bond donors (Lipinski definition) is 1. The Morgan fingerprint density at radius 2 is 1.92 bits per heavy atom. The average molecular weight is 224 g/mol. The maximum absolute atomic E-state index is 11.5. The van der Waals surface area contributed by atoms with Gasteiger partial charge >= 0.3 is 0 Å². The van der Waals surface area contributed by atoms with Crippen LogP contribution in [0.25, 0.3) is 0 Å². The summed E-state index contributed by atoms with van der Waals surface area (Å²) in [5.74, 6) is 4.47. The topological polar surface area (TPSA) is 71.4 Å². The predicted octanol–water partition coefficient (Wildman–Crippen LogP) is 0.889. The Hall–Kier alpha value is -0.300. The molecule has 0 aliphatic heterocycles. The summed E-state index contributed by atoms with van der Waals surface area (Å²) in [5, 5.41) is 0. The van der Waals surface area contributed by atoms with Gasteiger partial charge in [-0.1, -0.05) is 5.92 Å². The van der Waals surface area contributed by atoms with Crippen LogP contribution in [0, 0.1) is 11.8 Å². The van der Waals surface area contributed by atoms with Crippen molar-refractivity contribution in [2.45, 2.75) is 12.6 Å². The summed E-state index contributed by atoms with van der Waals surface area (Å²) in [4.78, 5) is 0. The first-order valence-corrected chi connectivity index (χ1v) is 7.87. The van der Waals surface area contributed by atoms with E-state index in [4.69, 9.17) is 4.55 Å². The van der Waals surface area contributed by atoms with Gasteiger partial charge in [-0.05, 0) is 20.3 Å². The monoisotopic (exact) mass is 224 g/mol. The Labute approximate surface area is 78.8 Å². The Morgan fingerprint density at radius 3 is 2.15 bits per heavy atom. The first-order chi connectivity index (χ1) is 5.67. The summed E-state index contributed by atoms with van der Waals surface area (Å²) in [7, 11) is -6.71. The summed E-state index contributed by atoms with van der Waals surface area (Å²) in [6.45, 7) is 4.44. The van der Waals surface area contributed by atoms with Crippen LogP contribution in [0.5, 0.6) is 0 Å². The van der Waals surface area contributed by atoms with Crippen LogP contribution in [0.1, 0.15) is 6.92 Å². The summed E-state index contributed by atoms with van der Waals surface area (Å²) in [6, 6.07) is 0. The van der Waals surface area contributed by atoms with E-state index in [9.17, 15) is 13.0 Å². The van der Waals surface area contributed by atoms with Gasteiger partial charge in [-0.3, -0.25) is 4.55 Å². The van der Waals surface area contributed by atoms with Crippen molar-refractivity contribution in [2.75, 3.05) is 19.1 Å². The first kappa shape index (κ1) is 12.7. The van der Waals surface area contributed by atoms with E-state index in [-0.39, 0.29) is 0 Å². The lowest BCUT2D eigenvalue weighted by Gasteiger charge is -2.13. The van der Waals surface area contributed by atoms with E-state index < -0.39 is 28.7 Å². The second kappa shape index (κ2) is 4.28. The smallest absolute Gasteiger partial charge is 0.266 e. The van der Waals surface area contributed by atoms with Crippen LogP contribution in [0.4, 0.5) is 0 Å². The van der Waals surface area contributed by atoms with E-state index in [0.717, 1.165) is 0 Å². The molecular weight excluding hydrogens is 211 g/mol. The third kappa shape index (κ3) is 5.87. The average Bonchev–Trinajstić information content (AvgIpc) is 1.81. The van der Waals surface area contributed by atoms with Crippen molar-refractivity contribution in [3.05, 3.63) is 0 Å². The SMILES string of the molecule is CC#CC(CS(=O)(=O)O)P(C)(C)=O. The summed E-state index contributed by atoms with van der Waals surface area (Å²) >= 11 is 0. The van der Waals surface area contributed by atoms with Crippen molar-refractivity contribution in [1.82, 2.24) is 0 Å². The zero-order valence-electron chi connectivity index (χ0n) is 7.81. The van der Waals surface area contributed by atoms with Crippen molar-refractivity contribution in [2.24, 2.45) is 0 Å². The van der Waals surface area contributed by atoms with Crippen molar-refractivity contribution in [1.29, 1.82) is 0 Å². The fourth-order valence-electron chi connectivity index (χ4n) is 0.743. The standard InChI is InChI=1S/C7H13O4PS/c1-4-5-7(12(2,3)8)6-13(9,10)11/h7H,6H2,1-3H3,(H,9,10,11). The third-order valence-electron chi connectivity index (χ3n) is 1.43. The van der Waals surface area contributed by atoms with Gasteiger partial charge in [0.05, 0.1) is 18.6 Å². The molecule has 13 heavy (non-hydrogen) atoms. The van der Waals surface area contributed by atoms with Crippen LogP contribution in [0.15, 0.2) is 0 Å². The molecular formula is C7H13O4PS. The molecule has 0 aromatic carbocycles. The van der Waals surface area contributed by atoms with E-state index in [1.165, 1.54) is 20.3 Å². The Bertz CT molecular complexity index is 367.